The van der Waals surface area contributed by atoms with Gasteiger partial charge in [-0.3, -0.25) is 0 Å². The van der Waals surface area contributed by atoms with Crippen molar-refractivity contribution in [2.24, 2.45) is 0 Å². The Kier molecular flexibility index (Phi) is 3.16. The average molecular weight is 275 g/mol. The van der Waals surface area contributed by atoms with Crippen molar-refractivity contribution in [1.29, 1.82) is 0 Å². The topological polar surface area (TPSA) is 66.3 Å². The van der Waals surface area contributed by atoms with E-state index >= 15 is 0 Å². The van der Waals surface area contributed by atoms with Crippen LogP contribution in [0.2, 0.25) is 0 Å². The number of carbonyl (C=O) groups is 1. The van der Waals surface area contributed by atoms with Crippen molar-refractivity contribution in [1.82, 2.24) is 9.59 Å². The van der Waals surface area contributed by atoms with Crippen LogP contribution in [-0.4, -0.2) is 27.2 Å². The molecule has 0 saturated heterocycles. The molecule has 1 aromatic carbocycles. The van der Waals surface area contributed by atoms with Crippen LogP contribution >= 0.6 is 11.5 Å². The number of fused-ring (bicyclic) bond motifs is 1. The van der Waals surface area contributed by atoms with Crippen LogP contribution in [0.1, 0.15) is 27.3 Å². The molecule has 0 fully saturated rings. The highest BCUT2D eigenvalue weighted by Gasteiger charge is 2.21. The van der Waals surface area contributed by atoms with Crippen LogP contribution in [0.25, 0.3) is 0 Å². The van der Waals surface area contributed by atoms with E-state index in [2.05, 4.69) is 26.6 Å². The van der Waals surface area contributed by atoms with E-state index < -0.39 is 5.97 Å². The standard InChI is InChI=1S/C13H13N3O2S/c17-13(18)12-11(19-15-14-12)8-16-7-3-5-9-4-1-2-6-10(9)16/h1-2,4,6H,3,5,7-8H2,(H,17,18). The van der Waals surface area contributed by atoms with E-state index in [-0.39, 0.29) is 5.69 Å². The van der Waals surface area contributed by atoms with Gasteiger partial charge >= 0.3 is 5.97 Å². The third kappa shape index (κ3) is 2.31. The van der Waals surface area contributed by atoms with E-state index in [0.717, 1.165) is 30.9 Å². The molecule has 5 nitrogen and oxygen atoms in total. The molecule has 0 bridgehead atoms. The van der Waals surface area contributed by atoms with Gasteiger partial charge in [0.05, 0.1) is 11.4 Å². The first kappa shape index (κ1) is 12.1. The Hall–Kier alpha value is -1.95. The number of rotatable bonds is 3. The number of aromatic nitrogens is 2. The molecule has 1 aliphatic heterocycles. The summed E-state index contributed by atoms with van der Waals surface area (Å²) in [5, 5.41) is 12.7. The zero-order valence-electron chi connectivity index (χ0n) is 10.2. The molecule has 0 saturated carbocycles. The van der Waals surface area contributed by atoms with Crippen LogP contribution in [0.3, 0.4) is 0 Å². The summed E-state index contributed by atoms with van der Waals surface area (Å²) in [6, 6.07) is 8.27. The highest BCUT2D eigenvalue weighted by atomic mass is 32.1. The number of aromatic carboxylic acids is 1. The van der Waals surface area contributed by atoms with Gasteiger partial charge in [-0.1, -0.05) is 22.7 Å². The number of hydrogen-bond donors (Lipinski definition) is 1. The van der Waals surface area contributed by atoms with E-state index in [9.17, 15) is 4.79 Å². The Bertz CT molecular complexity index is 611. The third-order valence-corrected chi connectivity index (χ3v) is 4.01. The predicted molar refractivity (Wildman–Crippen MR) is 72.7 cm³/mol. The zero-order chi connectivity index (χ0) is 13.2. The van der Waals surface area contributed by atoms with E-state index in [4.69, 9.17) is 5.11 Å². The molecule has 0 spiro atoms. The van der Waals surface area contributed by atoms with Crippen LogP contribution in [0.15, 0.2) is 24.3 Å². The molecule has 0 unspecified atom stereocenters. The molecule has 2 heterocycles. The Morgan fingerprint density at radius 1 is 1.42 bits per heavy atom. The van der Waals surface area contributed by atoms with Gasteiger partial charge in [0.1, 0.15) is 0 Å². The predicted octanol–water partition coefficient (Wildman–Crippen LogP) is 2.19. The lowest BCUT2D eigenvalue weighted by molar-refractivity contribution is 0.0689. The van der Waals surface area contributed by atoms with E-state index in [1.54, 1.807) is 0 Å². The number of hydrogen-bond acceptors (Lipinski definition) is 5. The monoisotopic (exact) mass is 275 g/mol. The molecule has 98 valence electrons. The maximum absolute atomic E-state index is 11.1. The van der Waals surface area contributed by atoms with Crippen LogP contribution in [0, 0.1) is 0 Å². The number of para-hydroxylation sites is 1. The van der Waals surface area contributed by atoms with Crippen molar-refractivity contribution in [3.8, 4) is 0 Å². The second kappa shape index (κ2) is 4.97. The quantitative estimate of drug-likeness (QED) is 0.930. The molecule has 2 aromatic rings. The normalized spacial score (nSPS) is 14.2. The Morgan fingerprint density at radius 3 is 3.11 bits per heavy atom. The number of carboxylic acid groups (broad SMARTS) is 1. The first-order valence-corrected chi connectivity index (χ1v) is 6.90. The molecule has 1 aromatic heterocycles. The molecular formula is C13H13N3O2S. The van der Waals surface area contributed by atoms with Crippen molar-refractivity contribution in [3.63, 3.8) is 0 Å². The second-order valence-electron chi connectivity index (χ2n) is 4.50. The Labute approximate surface area is 114 Å². The molecule has 1 N–H and O–H groups in total. The molecular weight excluding hydrogens is 262 g/mol. The Balaban J connectivity index is 1.89. The lowest BCUT2D eigenvalue weighted by Gasteiger charge is -2.30. The van der Waals surface area contributed by atoms with E-state index in [1.807, 2.05) is 12.1 Å². The van der Waals surface area contributed by atoms with Gasteiger partial charge in [0, 0.05) is 12.2 Å². The van der Waals surface area contributed by atoms with Gasteiger partial charge in [-0.05, 0) is 36.0 Å². The molecule has 1 aliphatic rings. The fraction of sp³-hybridized carbons (Fsp3) is 0.308. The van der Waals surface area contributed by atoms with Crippen molar-refractivity contribution in [3.05, 3.63) is 40.4 Å². The second-order valence-corrected chi connectivity index (χ2v) is 5.34. The summed E-state index contributed by atoms with van der Waals surface area (Å²) in [7, 11) is 0. The summed E-state index contributed by atoms with van der Waals surface area (Å²) in [4.78, 5) is 14.0. The molecule has 19 heavy (non-hydrogen) atoms. The van der Waals surface area contributed by atoms with Gasteiger partial charge < -0.3 is 10.0 Å². The first-order chi connectivity index (χ1) is 9.25. The van der Waals surface area contributed by atoms with Gasteiger partial charge in [0.15, 0.2) is 5.69 Å². The maximum atomic E-state index is 11.1. The van der Waals surface area contributed by atoms with Crippen molar-refractivity contribution < 1.29 is 9.90 Å². The summed E-state index contributed by atoms with van der Waals surface area (Å²) in [6.07, 6.45) is 2.17. The fourth-order valence-electron chi connectivity index (χ4n) is 2.42. The summed E-state index contributed by atoms with van der Waals surface area (Å²) in [5.74, 6) is -1.01. The first-order valence-electron chi connectivity index (χ1n) is 6.13. The van der Waals surface area contributed by atoms with Crippen LogP contribution in [-0.2, 0) is 13.0 Å². The van der Waals surface area contributed by atoms with Gasteiger partial charge in [-0.25, -0.2) is 4.79 Å². The summed E-state index contributed by atoms with van der Waals surface area (Å²) in [5.41, 5.74) is 2.59. The van der Waals surface area contributed by atoms with Crippen LogP contribution < -0.4 is 4.90 Å². The van der Waals surface area contributed by atoms with Gasteiger partial charge in [0.25, 0.3) is 0 Å². The fourth-order valence-corrected chi connectivity index (χ4v) is 3.07. The lowest BCUT2D eigenvalue weighted by atomic mass is 10.0. The summed E-state index contributed by atoms with van der Waals surface area (Å²) >= 11 is 1.16. The molecule has 6 heteroatoms. The van der Waals surface area contributed by atoms with Crippen molar-refractivity contribution >= 4 is 23.2 Å². The molecule has 3 rings (SSSR count). The highest BCUT2D eigenvalue weighted by molar-refractivity contribution is 7.05. The van der Waals surface area contributed by atoms with E-state index in [0.29, 0.717) is 11.4 Å². The lowest BCUT2D eigenvalue weighted by Crippen LogP contribution is -2.29. The van der Waals surface area contributed by atoms with Crippen molar-refractivity contribution in [2.45, 2.75) is 19.4 Å². The summed E-state index contributed by atoms with van der Waals surface area (Å²) < 4.78 is 3.75. The smallest absolute Gasteiger partial charge is 0.357 e. The van der Waals surface area contributed by atoms with Crippen molar-refractivity contribution in [2.75, 3.05) is 11.4 Å². The van der Waals surface area contributed by atoms with Crippen LogP contribution in [0.4, 0.5) is 5.69 Å². The highest BCUT2D eigenvalue weighted by Crippen LogP contribution is 2.29. The average Bonchev–Trinajstić information content (AvgIpc) is 2.87. The number of benzene rings is 1. The zero-order valence-corrected chi connectivity index (χ0v) is 11.1. The molecule has 0 aliphatic carbocycles. The van der Waals surface area contributed by atoms with Gasteiger partial charge in [-0.2, -0.15) is 0 Å². The minimum absolute atomic E-state index is 0.0769. The Morgan fingerprint density at radius 2 is 2.26 bits per heavy atom. The number of aryl methyl sites for hydroxylation is 1. The molecule has 0 radical (unpaired) electrons. The largest absolute Gasteiger partial charge is 0.476 e. The minimum Gasteiger partial charge on any atom is -0.476 e. The molecule has 0 amide bonds. The number of anilines is 1. The minimum atomic E-state index is -1.01. The maximum Gasteiger partial charge on any atom is 0.357 e. The van der Waals surface area contributed by atoms with Gasteiger partial charge in [0.2, 0.25) is 0 Å². The number of nitrogens with zero attached hydrogens (tertiary/aromatic N) is 3. The third-order valence-electron chi connectivity index (χ3n) is 3.30. The van der Waals surface area contributed by atoms with Crippen LogP contribution in [0.5, 0.6) is 0 Å². The number of carboxylic acids is 1. The molecule has 0 atom stereocenters. The summed E-state index contributed by atoms with van der Waals surface area (Å²) in [6.45, 7) is 1.50. The van der Waals surface area contributed by atoms with E-state index in [1.165, 1.54) is 11.3 Å². The SMILES string of the molecule is O=C(O)c1nnsc1CN1CCCc2ccccc21. The van der Waals surface area contributed by atoms with Gasteiger partial charge in [-0.15, -0.1) is 5.10 Å².